The lowest BCUT2D eigenvalue weighted by atomic mass is 9.86. The maximum atomic E-state index is 12.9. The van der Waals surface area contributed by atoms with E-state index in [1.54, 1.807) is 12.1 Å². The van der Waals surface area contributed by atoms with Crippen LogP contribution in [0.25, 0.3) is 0 Å². The van der Waals surface area contributed by atoms with E-state index in [-0.39, 0.29) is 29.8 Å². The van der Waals surface area contributed by atoms with E-state index in [0.29, 0.717) is 5.69 Å². The van der Waals surface area contributed by atoms with E-state index < -0.39 is 33.8 Å². The molecular weight excluding hydrogens is 445 g/mol. The number of rotatable bonds is 4. The summed E-state index contributed by atoms with van der Waals surface area (Å²) in [6.07, 6.45) is -4.59. The van der Waals surface area contributed by atoms with Gasteiger partial charge in [-0.15, -0.1) is 0 Å². The quantitative estimate of drug-likeness (QED) is 0.737. The fraction of sp³-hybridized carbons (Fsp3) is 0.409. The first kappa shape index (κ1) is 23.9. The second-order valence-corrected chi connectivity index (χ2v) is 10.7. The van der Waals surface area contributed by atoms with Crippen molar-refractivity contribution in [3.63, 3.8) is 0 Å². The highest BCUT2D eigenvalue weighted by Gasteiger charge is 2.36. The van der Waals surface area contributed by atoms with E-state index in [1.807, 2.05) is 26.8 Å². The molecule has 0 bridgehead atoms. The Balaban J connectivity index is 1.81. The van der Waals surface area contributed by atoms with Crippen molar-refractivity contribution in [2.45, 2.75) is 45.0 Å². The predicted molar refractivity (Wildman–Crippen MR) is 115 cm³/mol. The summed E-state index contributed by atoms with van der Waals surface area (Å²) >= 11 is 0. The Morgan fingerprint density at radius 3 is 2.41 bits per heavy atom. The molecule has 0 radical (unpaired) electrons. The summed E-state index contributed by atoms with van der Waals surface area (Å²) in [5.41, 5.74) is 0.476. The zero-order chi connectivity index (χ0) is 23.9. The minimum atomic E-state index is -4.49. The minimum absolute atomic E-state index is 0.155. The molecule has 1 atom stereocenters. The van der Waals surface area contributed by atoms with Crippen molar-refractivity contribution >= 4 is 21.6 Å². The van der Waals surface area contributed by atoms with Crippen LogP contribution in [0.5, 0.6) is 5.75 Å². The van der Waals surface area contributed by atoms with Crippen LogP contribution >= 0.6 is 0 Å². The van der Waals surface area contributed by atoms with Crippen molar-refractivity contribution in [1.29, 1.82) is 0 Å². The van der Waals surface area contributed by atoms with Crippen LogP contribution in [0, 0.1) is 0 Å². The predicted octanol–water partition coefficient (Wildman–Crippen LogP) is 3.85. The van der Waals surface area contributed by atoms with Crippen LogP contribution in [0.15, 0.2) is 42.5 Å². The van der Waals surface area contributed by atoms with Gasteiger partial charge in [-0.25, -0.2) is 8.42 Å². The van der Waals surface area contributed by atoms with Gasteiger partial charge in [0.15, 0.2) is 6.10 Å². The van der Waals surface area contributed by atoms with Gasteiger partial charge in [-0.2, -0.15) is 13.2 Å². The standard InChI is InChI=1S/C22H25F3N2O4S/c1-21(2,3)15-8-9-18-17(11-15)27(32(4,29)30)13-19(31-18)20(28)26-12-14-6-5-7-16(10-14)22(23,24)25/h5-11,19H,12-13H2,1-4H3,(H,26,28)/t19-/m0/s1. The molecule has 10 heteroatoms. The van der Waals surface area contributed by atoms with Gasteiger partial charge >= 0.3 is 6.18 Å². The lowest BCUT2D eigenvalue weighted by Crippen LogP contribution is -2.50. The van der Waals surface area contributed by atoms with E-state index in [0.717, 1.165) is 28.3 Å². The van der Waals surface area contributed by atoms with Gasteiger partial charge in [0, 0.05) is 6.54 Å². The first-order chi connectivity index (χ1) is 14.7. The average molecular weight is 471 g/mol. The van der Waals surface area contributed by atoms with E-state index >= 15 is 0 Å². The first-order valence-electron chi connectivity index (χ1n) is 9.89. The maximum Gasteiger partial charge on any atom is 0.416 e. The molecule has 0 aromatic heterocycles. The number of halogens is 3. The van der Waals surface area contributed by atoms with Gasteiger partial charge in [-0.1, -0.05) is 39.0 Å². The number of ether oxygens (including phenoxy) is 1. The normalized spacial score (nSPS) is 16.8. The molecule has 174 valence electrons. The number of hydrogen-bond donors (Lipinski definition) is 1. The van der Waals surface area contributed by atoms with Gasteiger partial charge in [0.05, 0.1) is 24.1 Å². The van der Waals surface area contributed by atoms with E-state index in [4.69, 9.17) is 4.74 Å². The average Bonchev–Trinajstić information content (AvgIpc) is 2.69. The summed E-state index contributed by atoms with van der Waals surface area (Å²) in [5.74, 6) is -0.379. The van der Waals surface area contributed by atoms with Gasteiger partial charge in [-0.3, -0.25) is 9.10 Å². The van der Waals surface area contributed by atoms with Crippen molar-refractivity contribution in [1.82, 2.24) is 5.32 Å². The molecule has 1 aliphatic rings. The lowest BCUT2D eigenvalue weighted by Gasteiger charge is -2.35. The molecule has 1 N–H and O–H groups in total. The fourth-order valence-electron chi connectivity index (χ4n) is 3.33. The van der Waals surface area contributed by atoms with Gasteiger partial charge in [0.25, 0.3) is 5.91 Å². The zero-order valence-corrected chi connectivity index (χ0v) is 19.0. The summed E-state index contributed by atoms with van der Waals surface area (Å²) in [4.78, 5) is 12.7. The number of anilines is 1. The highest BCUT2D eigenvalue weighted by molar-refractivity contribution is 7.92. The summed E-state index contributed by atoms with van der Waals surface area (Å²) in [6.45, 7) is 5.58. The number of hydrogen-bond acceptors (Lipinski definition) is 4. The van der Waals surface area contributed by atoms with Gasteiger partial charge in [0.1, 0.15) is 5.75 Å². The van der Waals surface area contributed by atoms with Crippen LogP contribution < -0.4 is 14.4 Å². The van der Waals surface area contributed by atoms with Crippen LogP contribution in [0.4, 0.5) is 18.9 Å². The molecule has 2 aromatic rings. The Kier molecular flexibility index (Phi) is 6.21. The largest absolute Gasteiger partial charge is 0.476 e. The van der Waals surface area contributed by atoms with Crippen molar-refractivity contribution in [3.05, 3.63) is 59.2 Å². The first-order valence-corrected chi connectivity index (χ1v) is 11.7. The molecule has 2 aromatic carbocycles. The second kappa shape index (κ2) is 8.31. The molecular formula is C22H25F3N2O4S. The summed E-state index contributed by atoms with van der Waals surface area (Å²) in [5, 5.41) is 2.53. The fourth-order valence-corrected chi connectivity index (χ4v) is 4.24. The Hall–Kier alpha value is -2.75. The SMILES string of the molecule is CC(C)(C)c1ccc2c(c1)N(S(C)(=O)=O)C[C@@H](C(=O)NCc1cccc(C(F)(F)F)c1)O2. The van der Waals surface area contributed by atoms with Gasteiger partial charge in [0.2, 0.25) is 10.0 Å². The van der Waals surface area contributed by atoms with Crippen LogP contribution in [-0.2, 0) is 33.0 Å². The Morgan fingerprint density at radius 1 is 1.12 bits per heavy atom. The van der Waals surface area contributed by atoms with Gasteiger partial charge < -0.3 is 10.1 Å². The Bertz CT molecular complexity index is 1120. The molecule has 0 saturated heterocycles. The molecule has 1 aliphatic heterocycles. The lowest BCUT2D eigenvalue weighted by molar-refractivity contribution is -0.137. The molecule has 1 amide bonds. The zero-order valence-electron chi connectivity index (χ0n) is 18.2. The number of fused-ring (bicyclic) bond motifs is 1. The topological polar surface area (TPSA) is 75.7 Å². The van der Waals surface area contributed by atoms with E-state index in [1.165, 1.54) is 12.1 Å². The molecule has 0 fully saturated rings. The summed E-state index contributed by atoms with van der Waals surface area (Å²) in [7, 11) is -3.71. The number of nitrogens with zero attached hydrogens (tertiary/aromatic N) is 1. The number of carbonyl (C=O) groups excluding carboxylic acids is 1. The summed E-state index contributed by atoms with van der Waals surface area (Å²) < 4.78 is 70.4. The molecule has 0 aliphatic carbocycles. The molecule has 3 rings (SSSR count). The maximum absolute atomic E-state index is 12.9. The second-order valence-electron chi connectivity index (χ2n) is 8.75. The number of alkyl halides is 3. The molecule has 0 saturated carbocycles. The number of amides is 1. The number of carbonyl (C=O) groups is 1. The van der Waals surface area contributed by atoms with Crippen molar-refractivity contribution in [2.24, 2.45) is 0 Å². The van der Waals surface area contributed by atoms with Crippen LogP contribution in [0.2, 0.25) is 0 Å². The van der Waals surface area contributed by atoms with E-state index in [9.17, 15) is 26.4 Å². The monoisotopic (exact) mass is 470 g/mol. The number of sulfonamides is 1. The van der Waals surface area contributed by atoms with Crippen molar-refractivity contribution < 1.29 is 31.1 Å². The van der Waals surface area contributed by atoms with Crippen LogP contribution in [0.1, 0.15) is 37.5 Å². The third-order valence-electron chi connectivity index (χ3n) is 5.11. The minimum Gasteiger partial charge on any atom is -0.476 e. The molecule has 0 spiro atoms. The van der Waals surface area contributed by atoms with Crippen LogP contribution in [-0.4, -0.2) is 33.2 Å². The summed E-state index contributed by atoms with van der Waals surface area (Å²) in [6, 6.07) is 9.78. The smallest absolute Gasteiger partial charge is 0.416 e. The Labute approximate surface area is 185 Å². The molecule has 0 unspecified atom stereocenters. The number of benzene rings is 2. The molecule has 1 heterocycles. The Morgan fingerprint density at radius 2 is 1.81 bits per heavy atom. The van der Waals surface area contributed by atoms with Gasteiger partial charge in [-0.05, 0) is 40.8 Å². The van der Waals surface area contributed by atoms with Crippen LogP contribution in [0.3, 0.4) is 0 Å². The highest BCUT2D eigenvalue weighted by Crippen LogP contribution is 2.38. The number of nitrogens with one attached hydrogen (secondary N) is 1. The molecule has 6 nitrogen and oxygen atoms in total. The third-order valence-corrected chi connectivity index (χ3v) is 6.25. The van der Waals surface area contributed by atoms with Crippen molar-refractivity contribution in [2.75, 3.05) is 17.1 Å². The highest BCUT2D eigenvalue weighted by atomic mass is 32.2. The molecule has 32 heavy (non-hydrogen) atoms. The third kappa shape index (κ3) is 5.35. The van der Waals surface area contributed by atoms with E-state index in [2.05, 4.69) is 5.32 Å². The van der Waals surface area contributed by atoms with Crippen molar-refractivity contribution in [3.8, 4) is 5.75 Å².